The summed E-state index contributed by atoms with van der Waals surface area (Å²) in [7, 11) is 0. The summed E-state index contributed by atoms with van der Waals surface area (Å²) < 4.78 is 0. The van der Waals surface area contributed by atoms with Gasteiger partial charge < -0.3 is 4.90 Å². The summed E-state index contributed by atoms with van der Waals surface area (Å²) in [5.74, 6) is 2.93. The Kier molecular flexibility index (Phi) is 1.75. The molecular formula is C11H11N. The first-order valence-electron chi connectivity index (χ1n) is 4.19. The number of benzene rings is 1. The Hall–Kier alpha value is -1.42. The summed E-state index contributed by atoms with van der Waals surface area (Å²) in [5.41, 5.74) is 2.70. The van der Waals surface area contributed by atoms with E-state index >= 15 is 0 Å². The van der Waals surface area contributed by atoms with Crippen molar-refractivity contribution in [2.45, 2.75) is 13.3 Å². The van der Waals surface area contributed by atoms with Crippen LogP contribution in [0.5, 0.6) is 0 Å². The molecule has 0 unspecified atom stereocenters. The van der Waals surface area contributed by atoms with Crippen LogP contribution in [0, 0.1) is 12.0 Å². The van der Waals surface area contributed by atoms with E-state index in [2.05, 4.69) is 41.1 Å². The SMILES string of the molecule is CC#CN1CCc2ccccc21. The molecule has 0 aromatic heterocycles. The van der Waals surface area contributed by atoms with Gasteiger partial charge in [0.2, 0.25) is 0 Å². The number of para-hydroxylation sites is 1. The van der Waals surface area contributed by atoms with Gasteiger partial charge in [0.05, 0.1) is 5.69 Å². The predicted octanol–water partition coefficient (Wildman–Crippen LogP) is 2.03. The number of hydrogen-bond donors (Lipinski definition) is 0. The van der Waals surface area contributed by atoms with E-state index in [0.29, 0.717) is 0 Å². The van der Waals surface area contributed by atoms with Gasteiger partial charge in [0.1, 0.15) is 0 Å². The second-order valence-corrected chi connectivity index (χ2v) is 2.89. The molecule has 1 heteroatoms. The molecule has 1 aliphatic rings. The second-order valence-electron chi connectivity index (χ2n) is 2.89. The van der Waals surface area contributed by atoms with E-state index in [1.54, 1.807) is 0 Å². The van der Waals surface area contributed by atoms with E-state index in [1.807, 2.05) is 6.92 Å². The molecule has 0 aliphatic carbocycles. The van der Waals surface area contributed by atoms with Crippen LogP contribution in [0.1, 0.15) is 12.5 Å². The van der Waals surface area contributed by atoms with Gasteiger partial charge in [-0.05, 0) is 25.0 Å². The minimum absolute atomic E-state index is 1.04. The summed E-state index contributed by atoms with van der Waals surface area (Å²) in [4.78, 5) is 2.12. The predicted molar refractivity (Wildman–Crippen MR) is 50.9 cm³/mol. The lowest BCUT2D eigenvalue weighted by Crippen LogP contribution is -2.12. The van der Waals surface area contributed by atoms with Gasteiger partial charge in [0, 0.05) is 12.6 Å². The highest BCUT2D eigenvalue weighted by Gasteiger charge is 2.15. The molecule has 0 spiro atoms. The van der Waals surface area contributed by atoms with Crippen LogP contribution in [0.2, 0.25) is 0 Å². The Labute approximate surface area is 73.0 Å². The number of fused-ring (bicyclic) bond motifs is 1. The Morgan fingerprint density at radius 3 is 3.00 bits per heavy atom. The zero-order valence-corrected chi connectivity index (χ0v) is 7.17. The van der Waals surface area contributed by atoms with Crippen LogP contribution >= 0.6 is 0 Å². The van der Waals surface area contributed by atoms with E-state index in [-0.39, 0.29) is 0 Å². The van der Waals surface area contributed by atoms with E-state index in [0.717, 1.165) is 13.0 Å². The Bertz CT molecular complexity index is 344. The Morgan fingerprint density at radius 1 is 1.33 bits per heavy atom. The van der Waals surface area contributed by atoms with Gasteiger partial charge in [-0.1, -0.05) is 24.1 Å². The zero-order chi connectivity index (χ0) is 8.39. The number of anilines is 1. The molecule has 2 rings (SSSR count). The first-order valence-corrected chi connectivity index (χ1v) is 4.19. The minimum Gasteiger partial charge on any atom is -0.301 e. The van der Waals surface area contributed by atoms with Crippen LogP contribution in [-0.4, -0.2) is 6.54 Å². The minimum atomic E-state index is 1.04. The summed E-state index contributed by atoms with van der Waals surface area (Å²) in [6.45, 7) is 2.92. The highest BCUT2D eigenvalue weighted by atomic mass is 15.1. The second kappa shape index (κ2) is 2.91. The molecule has 0 amide bonds. The molecule has 1 heterocycles. The molecule has 0 atom stereocenters. The van der Waals surface area contributed by atoms with E-state index in [1.165, 1.54) is 11.3 Å². The fourth-order valence-corrected chi connectivity index (χ4v) is 1.59. The Morgan fingerprint density at radius 2 is 2.17 bits per heavy atom. The van der Waals surface area contributed by atoms with Crippen molar-refractivity contribution in [3.63, 3.8) is 0 Å². The lowest BCUT2D eigenvalue weighted by molar-refractivity contribution is 1.01. The molecule has 1 nitrogen and oxygen atoms in total. The molecule has 0 fully saturated rings. The summed E-state index contributed by atoms with van der Waals surface area (Å²) >= 11 is 0. The first-order chi connectivity index (χ1) is 5.92. The highest BCUT2D eigenvalue weighted by Crippen LogP contribution is 2.26. The third kappa shape index (κ3) is 1.06. The van der Waals surface area contributed by atoms with Crippen molar-refractivity contribution >= 4 is 5.69 Å². The van der Waals surface area contributed by atoms with Crippen LogP contribution in [0.4, 0.5) is 5.69 Å². The van der Waals surface area contributed by atoms with Gasteiger partial charge in [-0.3, -0.25) is 0 Å². The Balaban J connectivity index is 2.40. The van der Waals surface area contributed by atoms with E-state index in [9.17, 15) is 0 Å². The van der Waals surface area contributed by atoms with Crippen molar-refractivity contribution in [1.29, 1.82) is 0 Å². The molecule has 0 saturated carbocycles. The van der Waals surface area contributed by atoms with Gasteiger partial charge in [-0.15, -0.1) is 0 Å². The maximum absolute atomic E-state index is 3.08. The largest absolute Gasteiger partial charge is 0.301 e. The highest BCUT2D eigenvalue weighted by molar-refractivity contribution is 5.61. The van der Waals surface area contributed by atoms with Gasteiger partial charge >= 0.3 is 0 Å². The van der Waals surface area contributed by atoms with Crippen molar-refractivity contribution in [1.82, 2.24) is 0 Å². The lowest BCUT2D eigenvalue weighted by Gasteiger charge is -2.09. The molecule has 0 N–H and O–H groups in total. The van der Waals surface area contributed by atoms with Crippen LogP contribution in [0.3, 0.4) is 0 Å². The average Bonchev–Trinajstić information content (AvgIpc) is 2.50. The third-order valence-corrected chi connectivity index (χ3v) is 2.13. The van der Waals surface area contributed by atoms with Crippen molar-refractivity contribution in [3.8, 4) is 12.0 Å². The van der Waals surface area contributed by atoms with E-state index in [4.69, 9.17) is 0 Å². The van der Waals surface area contributed by atoms with Crippen LogP contribution in [-0.2, 0) is 6.42 Å². The smallest absolute Gasteiger partial charge is 0.0521 e. The van der Waals surface area contributed by atoms with Crippen LogP contribution < -0.4 is 4.90 Å². The topological polar surface area (TPSA) is 3.24 Å². The van der Waals surface area contributed by atoms with Gasteiger partial charge in [-0.25, -0.2) is 0 Å². The molecular weight excluding hydrogens is 146 g/mol. The average molecular weight is 157 g/mol. The number of rotatable bonds is 0. The quantitative estimate of drug-likeness (QED) is 0.521. The maximum Gasteiger partial charge on any atom is 0.0521 e. The van der Waals surface area contributed by atoms with Gasteiger partial charge in [0.15, 0.2) is 0 Å². The summed E-state index contributed by atoms with van der Waals surface area (Å²) in [6, 6.07) is 11.5. The van der Waals surface area contributed by atoms with Crippen LogP contribution in [0.25, 0.3) is 0 Å². The zero-order valence-electron chi connectivity index (χ0n) is 7.17. The van der Waals surface area contributed by atoms with Gasteiger partial charge in [-0.2, -0.15) is 0 Å². The van der Waals surface area contributed by atoms with Crippen molar-refractivity contribution < 1.29 is 0 Å². The normalized spacial score (nSPS) is 13.6. The van der Waals surface area contributed by atoms with Crippen molar-refractivity contribution in [3.05, 3.63) is 29.8 Å². The first kappa shape index (κ1) is 7.24. The molecule has 0 radical (unpaired) electrons. The molecule has 1 aliphatic heterocycles. The van der Waals surface area contributed by atoms with Crippen LogP contribution in [0.15, 0.2) is 24.3 Å². The van der Waals surface area contributed by atoms with Crippen molar-refractivity contribution in [2.75, 3.05) is 11.4 Å². The third-order valence-electron chi connectivity index (χ3n) is 2.13. The molecule has 60 valence electrons. The molecule has 1 aromatic carbocycles. The molecule has 1 aromatic rings. The lowest BCUT2D eigenvalue weighted by atomic mass is 10.2. The standard InChI is InChI=1S/C11H11N/c1-2-8-12-9-7-10-5-3-4-6-11(10)12/h3-6H,7,9H2,1H3. The molecule has 0 saturated heterocycles. The fraction of sp³-hybridized carbons (Fsp3) is 0.273. The van der Waals surface area contributed by atoms with Crippen molar-refractivity contribution in [2.24, 2.45) is 0 Å². The number of hydrogen-bond acceptors (Lipinski definition) is 1. The summed E-state index contributed by atoms with van der Waals surface area (Å²) in [5, 5.41) is 0. The fourth-order valence-electron chi connectivity index (χ4n) is 1.59. The molecule has 12 heavy (non-hydrogen) atoms. The number of nitrogens with zero attached hydrogens (tertiary/aromatic N) is 1. The van der Waals surface area contributed by atoms with E-state index < -0.39 is 0 Å². The monoisotopic (exact) mass is 157 g/mol. The van der Waals surface area contributed by atoms with Gasteiger partial charge in [0.25, 0.3) is 0 Å². The summed E-state index contributed by atoms with van der Waals surface area (Å²) in [6.07, 6.45) is 1.13. The molecule has 0 bridgehead atoms. The maximum atomic E-state index is 3.08.